The van der Waals surface area contributed by atoms with Crippen LogP contribution in [0.5, 0.6) is 0 Å². The normalized spacial score (nSPS) is 14.9. The predicted molar refractivity (Wildman–Crippen MR) is 56.8 cm³/mol. The Labute approximate surface area is 85.9 Å². The second-order valence-corrected chi connectivity index (χ2v) is 3.67. The number of nitrogens with two attached hydrogens (primary N) is 1. The molecular weight excluding hydrogens is 180 g/mol. The van der Waals surface area contributed by atoms with Crippen LogP contribution < -0.4 is 11.1 Å². The Hall–Kier alpha value is -0.610. The molecule has 4 nitrogen and oxygen atoms in total. The molecule has 4 heteroatoms. The van der Waals surface area contributed by atoms with Gasteiger partial charge in [-0.3, -0.25) is 4.79 Å². The van der Waals surface area contributed by atoms with Crippen molar-refractivity contribution in [3.05, 3.63) is 0 Å². The lowest BCUT2D eigenvalue weighted by Crippen LogP contribution is -2.36. The summed E-state index contributed by atoms with van der Waals surface area (Å²) < 4.78 is 0. The van der Waals surface area contributed by atoms with Crippen molar-refractivity contribution < 1.29 is 9.90 Å². The third-order valence-corrected chi connectivity index (χ3v) is 2.18. The van der Waals surface area contributed by atoms with Crippen molar-refractivity contribution in [1.29, 1.82) is 0 Å². The van der Waals surface area contributed by atoms with E-state index in [0.717, 1.165) is 12.8 Å². The average Bonchev–Trinajstić information content (AvgIpc) is 2.15. The van der Waals surface area contributed by atoms with E-state index in [9.17, 15) is 9.90 Å². The zero-order valence-corrected chi connectivity index (χ0v) is 9.12. The van der Waals surface area contributed by atoms with Gasteiger partial charge in [-0.1, -0.05) is 20.3 Å². The zero-order valence-electron chi connectivity index (χ0n) is 9.12. The van der Waals surface area contributed by atoms with Crippen LogP contribution >= 0.6 is 0 Å². The fourth-order valence-corrected chi connectivity index (χ4v) is 1.21. The van der Waals surface area contributed by atoms with E-state index in [-0.39, 0.29) is 11.8 Å². The second kappa shape index (κ2) is 7.76. The molecule has 0 aromatic carbocycles. The molecule has 0 spiro atoms. The molecule has 0 bridgehead atoms. The molecule has 0 saturated carbocycles. The minimum absolute atomic E-state index is 0.0226. The predicted octanol–water partition coefficient (Wildman–Crippen LogP) is 0.249. The maximum absolute atomic E-state index is 11.4. The average molecular weight is 202 g/mol. The second-order valence-electron chi connectivity index (χ2n) is 3.67. The third-order valence-electron chi connectivity index (χ3n) is 2.18. The molecule has 0 aliphatic heterocycles. The molecule has 0 radical (unpaired) electrons. The van der Waals surface area contributed by atoms with Gasteiger partial charge in [0.05, 0.1) is 6.10 Å². The number of aliphatic hydroxyl groups is 1. The van der Waals surface area contributed by atoms with Crippen molar-refractivity contribution >= 4 is 5.91 Å². The first-order valence-corrected chi connectivity index (χ1v) is 5.27. The van der Waals surface area contributed by atoms with Crippen LogP contribution in [0.3, 0.4) is 0 Å². The fourth-order valence-electron chi connectivity index (χ4n) is 1.21. The standard InChI is InChI=1S/C10H22N2O2/c1-3-4-9(13)7-12-10(14)8(2)5-6-11/h8-9,13H,3-7,11H2,1-2H3,(H,12,14). The molecule has 84 valence electrons. The molecular formula is C10H22N2O2. The Kier molecular flexibility index (Phi) is 7.42. The minimum atomic E-state index is -0.422. The summed E-state index contributed by atoms with van der Waals surface area (Å²) in [5.74, 6) is -0.0839. The van der Waals surface area contributed by atoms with E-state index in [1.165, 1.54) is 0 Å². The van der Waals surface area contributed by atoms with Crippen molar-refractivity contribution in [3.63, 3.8) is 0 Å². The summed E-state index contributed by atoms with van der Waals surface area (Å²) in [4.78, 5) is 11.4. The smallest absolute Gasteiger partial charge is 0.222 e. The van der Waals surface area contributed by atoms with Gasteiger partial charge in [-0.25, -0.2) is 0 Å². The van der Waals surface area contributed by atoms with E-state index >= 15 is 0 Å². The Balaban J connectivity index is 3.61. The quantitative estimate of drug-likeness (QED) is 0.554. The van der Waals surface area contributed by atoms with E-state index in [0.29, 0.717) is 19.5 Å². The first-order chi connectivity index (χ1) is 6.61. The van der Waals surface area contributed by atoms with Gasteiger partial charge >= 0.3 is 0 Å². The molecule has 0 saturated heterocycles. The zero-order chi connectivity index (χ0) is 11.0. The molecule has 4 N–H and O–H groups in total. The molecule has 0 heterocycles. The van der Waals surface area contributed by atoms with Crippen LogP contribution in [0, 0.1) is 5.92 Å². The van der Waals surface area contributed by atoms with Gasteiger partial charge in [-0.05, 0) is 19.4 Å². The summed E-state index contributed by atoms with van der Waals surface area (Å²) in [5, 5.41) is 12.1. The van der Waals surface area contributed by atoms with Crippen molar-refractivity contribution in [3.8, 4) is 0 Å². The summed E-state index contributed by atoms with van der Waals surface area (Å²) in [7, 11) is 0. The maximum Gasteiger partial charge on any atom is 0.222 e. The van der Waals surface area contributed by atoms with Gasteiger partial charge in [0, 0.05) is 12.5 Å². The topological polar surface area (TPSA) is 75.3 Å². The fraction of sp³-hybridized carbons (Fsp3) is 0.900. The van der Waals surface area contributed by atoms with Gasteiger partial charge in [0.2, 0.25) is 5.91 Å². The monoisotopic (exact) mass is 202 g/mol. The Morgan fingerprint density at radius 3 is 2.64 bits per heavy atom. The van der Waals surface area contributed by atoms with Crippen LogP contribution in [0.1, 0.15) is 33.1 Å². The van der Waals surface area contributed by atoms with Crippen molar-refractivity contribution in [2.24, 2.45) is 11.7 Å². The molecule has 0 aromatic heterocycles. The van der Waals surface area contributed by atoms with Gasteiger partial charge in [0.1, 0.15) is 0 Å². The molecule has 1 amide bonds. The molecule has 0 aliphatic rings. The lowest BCUT2D eigenvalue weighted by molar-refractivity contribution is -0.125. The van der Waals surface area contributed by atoms with Gasteiger partial charge in [0.15, 0.2) is 0 Å². The summed E-state index contributed by atoms with van der Waals surface area (Å²) in [6, 6.07) is 0. The van der Waals surface area contributed by atoms with Gasteiger partial charge in [-0.15, -0.1) is 0 Å². The van der Waals surface area contributed by atoms with Crippen molar-refractivity contribution in [1.82, 2.24) is 5.32 Å². The third kappa shape index (κ3) is 5.94. The van der Waals surface area contributed by atoms with Gasteiger partial charge in [-0.2, -0.15) is 0 Å². The number of carbonyl (C=O) groups is 1. The van der Waals surface area contributed by atoms with Crippen LogP contribution in [0.25, 0.3) is 0 Å². The summed E-state index contributed by atoms with van der Waals surface area (Å²) >= 11 is 0. The number of aliphatic hydroxyl groups excluding tert-OH is 1. The lowest BCUT2D eigenvalue weighted by atomic mass is 10.1. The molecule has 2 atom stereocenters. The van der Waals surface area contributed by atoms with Crippen LogP contribution in [0.15, 0.2) is 0 Å². The summed E-state index contributed by atoms with van der Waals surface area (Å²) in [6.45, 7) is 4.71. The van der Waals surface area contributed by atoms with Crippen LogP contribution in [-0.4, -0.2) is 30.2 Å². The highest BCUT2D eigenvalue weighted by Gasteiger charge is 2.12. The number of carbonyl (C=O) groups excluding carboxylic acids is 1. The van der Waals surface area contributed by atoms with E-state index in [1.807, 2.05) is 13.8 Å². The number of amides is 1. The van der Waals surface area contributed by atoms with Crippen LogP contribution in [-0.2, 0) is 4.79 Å². The largest absolute Gasteiger partial charge is 0.391 e. The molecule has 2 unspecified atom stereocenters. The van der Waals surface area contributed by atoms with Gasteiger partial charge in [0.25, 0.3) is 0 Å². The number of hydrogen-bond acceptors (Lipinski definition) is 3. The van der Waals surface area contributed by atoms with E-state index in [1.54, 1.807) is 0 Å². The first-order valence-electron chi connectivity index (χ1n) is 5.27. The number of nitrogens with one attached hydrogen (secondary N) is 1. The Morgan fingerprint density at radius 2 is 2.14 bits per heavy atom. The van der Waals surface area contributed by atoms with Crippen molar-refractivity contribution in [2.45, 2.75) is 39.2 Å². The van der Waals surface area contributed by atoms with Crippen LogP contribution in [0.2, 0.25) is 0 Å². The highest BCUT2D eigenvalue weighted by atomic mass is 16.3. The van der Waals surface area contributed by atoms with Gasteiger partial charge < -0.3 is 16.2 Å². The number of rotatable bonds is 7. The van der Waals surface area contributed by atoms with E-state index in [2.05, 4.69) is 5.32 Å². The van der Waals surface area contributed by atoms with E-state index < -0.39 is 6.10 Å². The van der Waals surface area contributed by atoms with Crippen LogP contribution in [0.4, 0.5) is 0 Å². The Bertz CT molecular complexity index is 162. The highest BCUT2D eigenvalue weighted by Crippen LogP contribution is 2.00. The van der Waals surface area contributed by atoms with Crippen molar-refractivity contribution in [2.75, 3.05) is 13.1 Å². The summed E-state index contributed by atoms with van der Waals surface area (Å²) in [5.41, 5.74) is 5.34. The Morgan fingerprint density at radius 1 is 1.50 bits per heavy atom. The maximum atomic E-state index is 11.4. The minimum Gasteiger partial charge on any atom is -0.391 e. The molecule has 0 rings (SSSR count). The molecule has 14 heavy (non-hydrogen) atoms. The van der Waals surface area contributed by atoms with E-state index in [4.69, 9.17) is 5.73 Å². The highest BCUT2D eigenvalue weighted by molar-refractivity contribution is 5.78. The molecule has 0 aromatic rings. The summed E-state index contributed by atoms with van der Waals surface area (Å²) in [6.07, 6.45) is 1.92. The molecule has 0 fully saturated rings. The molecule has 0 aliphatic carbocycles. The SMILES string of the molecule is CCCC(O)CNC(=O)C(C)CCN. The number of hydrogen-bond donors (Lipinski definition) is 3. The lowest BCUT2D eigenvalue weighted by Gasteiger charge is -2.14. The first kappa shape index (κ1) is 13.4.